The topological polar surface area (TPSA) is 41.1 Å². The van der Waals surface area contributed by atoms with Crippen LogP contribution < -0.4 is 10.6 Å². The smallest absolute Gasteiger partial charge is 0.315 e. The van der Waals surface area contributed by atoms with Crippen LogP contribution in [0.1, 0.15) is 30.9 Å². The molecule has 0 aromatic heterocycles. The zero-order chi connectivity index (χ0) is 12.1. The van der Waals surface area contributed by atoms with Gasteiger partial charge in [0.25, 0.3) is 0 Å². The van der Waals surface area contributed by atoms with Crippen molar-refractivity contribution in [3.05, 3.63) is 42.1 Å². The highest BCUT2D eigenvalue weighted by Gasteiger charge is 2.10. The van der Waals surface area contributed by atoms with E-state index in [0.717, 1.165) is 16.8 Å². The van der Waals surface area contributed by atoms with E-state index in [1.807, 2.05) is 25.1 Å². The SMILES string of the molecule is C=CNC(=O)Nc1c(C)cccc1C(C)C. The van der Waals surface area contributed by atoms with Gasteiger partial charge in [0.2, 0.25) is 0 Å². The van der Waals surface area contributed by atoms with E-state index in [-0.39, 0.29) is 6.03 Å². The zero-order valence-corrected chi connectivity index (χ0v) is 10.0. The summed E-state index contributed by atoms with van der Waals surface area (Å²) in [5, 5.41) is 5.34. The molecule has 2 amide bonds. The molecule has 0 aliphatic rings. The van der Waals surface area contributed by atoms with Gasteiger partial charge in [-0.25, -0.2) is 4.79 Å². The molecule has 1 aromatic carbocycles. The average Bonchev–Trinajstić information content (AvgIpc) is 2.21. The van der Waals surface area contributed by atoms with E-state index in [0.29, 0.717) is 5.92 Å². The predicted molar refractivity (Wildman–Crippen MR) is 67.6 cm³/mol. The Labute approximate surface area is 96.6 Å². The number of rotatable bonds is 3. The normalized spacial score (nSPS) is 10.0. The number of urea groups is 1. The van der Waals surface area contributed by atoms with Crippen LogP contribution in [0, 0.1) is 6.92 Å². The van der Waals surface area contributed by atoms with Crippen LogP contribution in [0.4, 0.5) is 10.5 Å². The van der Waals surface area contributed by atoms with E-state index < -0.39 is 0 Å². The Morgan fingerprint density at radius 2 is 2.12 bits per heavy atom. The molecule has 0 bridgehead atoms. The number of carbonyl (C=O) groups is 1. The van der Waals surface area contributed by atoms with Crippen LogP contribution in [0.5, 0.6) is 0 Å². The molecule has 0 aliphatic carbocycles. The monoisotopic (exact) mass is 218 g/mol. The van der Waals surface area contributed by atoms with Gasteiger partial charge in [0.1, 0.15) is 0 Å². The van der Waals surface area contributed by atoms with Crippen LogP contribution in [0.3, 0.4) is 0 Å². The molecule has 0 saturated carbocycles. The Morgan fingerprint density at radius 3 is 2.69 bits per heavy atom. The molecule has 0 fully saturated rings. The van der Waals surface area contributed by atoms with Gasteiger partial charge in [0.15, 0.2) is 0 Å². The highest BCUT2D eigenvalue weighted by Crippen LogP contribution is 2.27. The molecule has 16 heavy (non-hydrogen) atoms. The predicted octanol–water partition coefficient (Wildman–Crippen LogP) is 3.38. The molecule has 86 valence electrons. The van der Waals surface area contributed by atoms with Gasteiger partial charge < -0.3 is 10.6 Å². The molecular formula is C13H18N2O. The quantitative estimate of drug-likeness (QED) is 0.802. The second-order valence-electron chi connectivity index (χ2n) is 4.00. The van der Waals surface area contributed by atoms with E-state index in [1.54, 1.807) is 0 Å². The number of hydrogen-bond acceptors (Lipinski definition) is 1. The Balaban J connectivity index is 3.01. The third kappa shape index (κ3) is 2.86. The lowest BCUT2D eigenvalue weighted by molar-refractivity contribution is 0.255. The van der Waals surface area contributed by atoms with Gasteiger partial charge in [0.05, 0.1) is 0 Å². The maximum Gasteiger partial charge on any atom is 0.323 e. The van der Waals surface area contributed by atoms with E-state index in [1.165, 1.54) is 6.20 Å². The lowest BCUT2D eigenvalue weighted by Crippen LogP contribution is -2.24. The summed E-state index contributed by atoms with van der Waals surface area (Å²) in [6.45, 7) is 9.64. The highest BCUT2D eigenvalue weighted by molar-refractivity contribution is 5.91. The second kappa shape index (κ2) is 5.35. The van der Waals surface area contributed by atoms with Crippen LogP contribution in [-0.2, 0) is 0 Å². The number of hydrogen-bond donors (Lipinski definition) is 2. The molecule has 0 aliphatic heterocycles. The van der Waals surface area contributed by atoms with Crippen molar-refractivity contribution < 1.29 is 4.79 Å². The molecule has 3 heteroatoms. The van der Waals surface area contributed by atoms with Crippen molar-refractivity contribution in [3.63, 3.8) is 0 Å². The van der Waals surface area contributed by atoms with Gasteiger partial charge in [-0.3, -0.25) is 0 Å². The molecule has 0 spiro atoms. The van der Waals surface area contributed by atoms with Crippen LogP contribution in [0.25, 0.3) is 0 Å². The summed E-state index contributed by atoms with van der Waals surface area (Å²) >= 11 is 0. The summed E-state index contributed by atoms with van der Waals surface area (Å²) in [7, 11) is 0. The molecule has 0 atom stereocenters. The highest BCUT2D eigenvalue weighted by atomic mass is 16.2. The van der Waals surface area contributed by atoms with Gasteiger partial charge in [0, 0.05) is 5.69 Å². The van der Waals surface area contributed by atoms with Gasteiger partial charge in [-0.1, -0.05) is 38.6 Å². The van der Waals surface area contributed by atoms with Gasteiger partial charge in [-0.15, -0.1) is 0 Å². The molecule has 0 heterocycles. The minimum atomic E-state index is -0.258. The third-order valence-corrected chi connectivity index (χ3v) is 2.40. The number of nitrogens with one attached hydrogen (secondary N) is 2. The minimum Gasteiger partial charge on any atom is -0.315 e. The number of para-hydroxylation sites is 1. The number of benzene rings is 1. The van der Waals surface area contributed by atoms with Crippen LogP contribution in [0.2, 0.25) is 0 Å². The first kappa shape index (κ1) is 12.3. The molecule has 1 rings (SSSR count). The van der Waals surface area contributed by atoms with Crippen LogP contribution in [-0.4, -0.2) is 6.03 Å². The van der Waals surface area contributed by atoms with E-state index in [2.05, 4.69) is 31.1 Å². The zero-order valence-electron chi connectivity index (χ0n) is 10.0. The summed E-state index contributed by atoms with van der Waals surface area (Å²) in [4.78, 5) is 11.4. The van der Waals surface area contributed by atoms with Gasteiger partial charge in [-0.05, 0) is 30.2 Å². The van der Waals surface area contributed by atoms with Crippen molar-refractivity contribution in [1.29, 1.82) is 0 Å². The Kier molecular flexibility index (Phi) is 4.11. The molecule has 0 unspecified atom stereocenters. The molecular weight excluding hydrogens is 200 g/mol. The van der Waals surface area contributed by atoms with Crippen LogP contribution >= 0.6 is 0 Å². The van der Waals surface area contributed by atoms with Crippen LogP contribution in [0.15, 0.2) is 31.0 Å². The van der Waals surface area contributed by atoms with E-state index >= 15 is 0 Å². The fraction of sp³-hybridized carbons (Fsp3) is 0.308. The fourth-order valence-corrected chi connectivity index (χ4v) is 1.58. The summed E-state index contributed by atoms with van der Waals surface area (Å²) in [5.74, 6) is 0.374. The Bertz CT molecular complexity index is 397. The number of aryl methyl sites for hydroxylation is 1. The number of carbonyl (C=O) groups excluding carboxylic acids is 1. The van der Waals surface area contributed by atoms with Crippen molar-refractivity contribution in [2.24, 2.45) is 0 Å². The maximum absolute atomic E-state index is 11.4. The summed E-state index contributed by atoms with van der Waals surface area (Å²) in [6.07, 6.45) is 1.36. The second-order valence-corrected chi connectivity index (χ2v) is 4.00. The van der Waals surface area contributed by atoms with Gasteiger partial charge in [-0.2, -0.15) is 0 Å². The fourth-order valence-electron chi connectivity index (χ4n) is 1.58. The van der Waals surface area contributed by atoms with Crippen molar-refractivity contribution in [3.8, 4) is 0 Å². The van der Waals surface area contributed by atoms with Crippen molar-refractivity contribution in [2.75, 3.05) is 5.32 Å². The number of amides is 2. The molecule has 0 saturated heterocycles. The summed E-state index contributed by atoms with van der Waals surface area (Å²) in [6, 6.07) is 5.75. The summed E-state index contributed by atoms with van der Waals surface area (Å²) < 4.78 is 0. The molecule has 1 aromatic rings. The van der Waals surface area contributed by atoms with Crippen molar-refractivity contribution in [2.45, 2.75) is 26.7 Å². The molecule has 0 radical (unpaired) electrons. The third-order valence-electron chi connectivity index (χ3n) is 2.40. The lowest BCUT2D eigenvalue weighted by Gasteiger charge is -2.16. The van der Waals surface area contributed by atoms with E-state index in [9.17, 15) is 4.79 Å². The average molecular weight is 218 g/mol. The van der Waals surface area contributed by atoms with E-state index in [4.69, 9.17) is 0 Å². The first-order valence-corrected chi connectivity index (χ1v) is 5.34. The molecule has 3 nitrogen and oxygen atoms in total. The minimum absolute atomic E-state index is 0.258. The standard InChI is InChI=1S/C13H18N2O/c1-5-14-13(16)15-12-10(4)7-6-8-11(12)9(2)3/h5-9H,1H2,2-4H3,(H2,14,15,16). The Morgan fingerprint density at radius 1 is 1.44 bits per heavy atom. The lowest BCUT2D eigenvalue weighted by atomic mass is 9.98. The van der Waals surface area contributed by atoms with Gasteiger partial charge >= 0.3 is 6.03 Å². The number of anilines is 1. The first-order valence-electron chi connectivity index (χ1n) is 5.34. The van der Waals surface area contributed by atoms with Crippen molar-refractivity contribution in [1.82, 2.24) is 5.32 Å². The molecule has 2 N–H and O–H groups in total. The largest absolute Gasteiger partial charge is 0.323 e. The summed E-state index contributed by atoms with van der Waals surface area (Å²) in [5.41, 5.74) is 3.08. The first-order chi connectivity index (χ1) is 7.56. The van der Waals surface area contributed by atoms with Crippen molar-refractivity contribution >= 4 is 11.7 Å². The maximum atomic E-state index is 11.4. The Hall–Kier alpha value is -1.77.